The summed E-state index contributed by atoms with van der Waals surface area (Å²) >= 11 is 0. The van der Waals surface area contributed by atoms with Crippen LogP contribution in [0.5, 0.6) is 0 Å². The molecule has 1 saturated carbocycles. The monoisotopic (exact) mass is 266 g/mol. The Labute approximate surface area is 117 Å². The predicted octanol–water partition coefficient (Wildman–Crippen LogP) is 2.71. The quantitative estimate of drug-likeness (QED) is 0.824. The molecule has 0 radical (unpaired) electrons. The zero-order chi connectivity index (χ0) is 13.8. The molecule has 3 unspecified atom stereocenters. The van der Waals surface area contributed by atoms with Crippen molar-refractivity contribution < 1.29 is 4.79 Å². The van der Waals surface area contributed by atoms with Gasteiger partial charge in [0.25, 0.3) is 0 Å². The van der Waals surface area contributed by atoms with E-state index in [-0.39, 0.29) is 11.9 Å². The van der Waals surface area contributed by atoms with Crippen LogP contribution >= 0.6 is 0 Å². The summed E-state index contributed by atoms with van der Waals surface area (Å²) in [6, 6.07) is 0.443. The highest BCUT2D eigenvalue weighted by atomic mass is 16.2. The van der Waals surface area contributed by atoms with E-state index < -0.39 is 0 Å². The van der Waals surface area contributed by atoms with Crippen molar-refractivity contribution in [3.63, 3.8) is 0 Å². The second-order valence-electron chi connectivity index (χ2n) is 6.94. The molecule has 3 heteroatoms. The maximum Gasteiger partial charge on any atom is 0.237 e. The first-order valence-corrected chi connectivity index (χ1v) is 8.11. The number of rotatable bonds is 3. The van der Waals surface area contributed by atoms with Crippen LogP contribution in [0, 0.1) is 17.8 Å². The molecule has 2 rings (SSSR count). The van der Waals surface area contributed by atoms with Crippen molar-refractivity contribution in [2.75, 3.05) is 6.54 Å². The van der Waals surface area contributed by atoms with Crippen molar-refractivity contribution in [1.82, 2.24) is 10.6 Å². The molecule has 1 aliphatic heterocycles. The summed E-state index contributed by atoms with van der Waals surface area (Å²) in [5.74, 6) is 2.31. The average molecular weight is 266 g/mol. The summed E-state index contributed by atoms with van der Waals surface area (Å²) in [5, 5.41) is 6.70. The average Bonchev–Trinajstić information content (AvgIpc) is 2.39. The number of piperidine rings is 1. The van der Waals surface area contributed by atoms with Gasteiger partial charge >= 0.3 is 0 Å². The smallest absolute Gasteiger partial charge is 0.237 e. The van der Waals surface area contributed by atoms with Gasteiger partial charge in [-0.25, -0.2) is 0 Å². The number of nitrogens with one attached hydrogen (secondary N) is 2. The normalized spacial score (nSPS) is 36.2. The molecule has 1 aliphatic carbocycles. The molecule has 19 heavy (non-hydrogen) atoms. The zero-order valence-corrected chi connectivity index (χ0v) is 12.7. The van der Waals surface area contributed by atoms with Crippen LogP contribution in [0.2, 0.25) is 0 Å². The molecule has 1 heterocycles. The number of carbonyl (C=O) groups is 1. The third-order valence-electron chi connectivity index (χ3n) is 4.98. The number of hydrogen-bond donors (Lipinski definition) is 2. The van der Waals surface area contributed by atoms with E-state index in [0.29, 0.717) is 17.9 Å². The maximum atomic E-state index is 12.4. The third kappa shape index (κ3) is 3.95. The first kappa shape index (κ1) is 14.8. The lowest BCUT2D eigenvalue weighted by Crippen LogP contribution is -2.53. The molecule has 4 atom stereocenters. The maximum absolute atomic E-state index is 12.4. The standard InChI is InChI=1S/C16H30N2O/c1-11(2)13-8-7-12(3)10-15(13)18-16(19)14-6-4-5-9-17-14/h11-15,17H,4-10H2,1-3H3,(H,18,19)/t12?,13?,14-,15?/m0/s1. The van der Waals surface area contributed by atoms with Crippen LogP contribution < -0.4 is 10.6 Å². The fourth-order valence-electron chi connectivity index (χ4n) is 3.73. The molecule has 0 spiro atoms. The van der Waals surface area contributed by atoms with E-state index in [0.717, 1.165) is 25.3 Å². The Morgan fingerprint density at radius 3 is 2.63 bits per heavy atom. The van der Waals surface area contributed by atoms with Crippen LogP contribution in [-0.4, -0.2) is 24.5 Å². The Balaban J connectivity index is 1.92. The van der Waals surface area contributed by atoms with Crippen molar-refractivity contribution >= 4 is 5.91 Å². The van der Waals surface area contributed by atoms with Gasteiger partial charge in [0, 0.05) is 6.04 Å². The van der Waals surface area contributed by atoms with Gasteiger partial charge in [-0.3, -0.25) is 4.79 Å². The van der Waals surface area contributed by atoms with Crippen molar-refractivity contribution in [2.24, 2.45) is 17.8 Å². The number of amides is 1. The topological polar surface area (TPSA) is 41.1 Å². The summed E-state index contributed by atoms with van der Waals surface area (Å²) in [6.07, 6.45) is 7.12. The molecule has 0 aromatic carbocycles. The molecule has 3 nitrogen and oxygen atoms in total. The van der Waals surface area contributed by atoms with Crippen LogP contribution in [0.15, 0.2) is 0 Å². The molecule has 1 saturated heterocycles. The van der Waals surface area contributed by atoms with Gasteiger partial charge < -0.3 is 10.6 Å². The van der Waals surface area contributed by atoms with Gasteiger partial charge in [0.15, 0.2) is 0 Å². The largest absolute Gasteiger partial charge is 0.352 e. The Morgan fingerprint density at radius 1 is 1.21 bits per heavy atom. The van der Waals surface area contributed by atoms with Crippen LogP contribution in [0.1, 0.15) is 59.3 Å². The Hall–Kier alpha value is -0.570. The minimum atomic E-state index is 0.0544. The predicted molar refractivity (Wildman–Crippen MR) is 78.9 cm³/mol. The van der Waals surface area contributed by atoms with Gasteiger partial charge in [0.05, 0.1) is 6.04 Å². The molecule has 2 fully saturated rings. The van der Waals surface area contributed by atoms with E-state index in [1.165, 1.54) is 25.7 Å². The van der Waals surface area contributed by atoms with Gasteiger partial charge in [-0.1, -0.05) is 33.6 Å². The fraction of sp³-hybridized carbons (Fsp3) is 0.938. The van der Waals surface area contributed by atoms with Crippen molar-refractivity contribution in [3.8, 4) is 0 Å². The van der Waals surface area contributed by atoms with Gasteiger partial charge in [-0.15, -0.1) is 0 Å². The second-order valence-corrected chi connectivity index (χ2v) is 6.94. The van der Waals surface area contributed by atoms with Gasteiger partial charge in [0.1, 0.15) is 0 Å². The molecule has 0 aromatic heterocycles. The summed E-state index contributed by atoms with van der Waals surface area (Å²) in [7, 11) is 0. The van der Waals surface area contributed by atoms with Gasteiger partial charge in [-0.2, -0.15) is 0 Å². The van der Waals surface area contributed by atoms with E-state index in [2.05, 4.69) is 31.4 Å². The molecule has 0 bridgehead atoms. The van der Waals surface area contributed by atoms with E-state index >= 15 is 0 Å². The zero-order valence-electron chi connectivity index (χ0n) is 12.7. The molecule has 1 amide bonds. The van der Waals surface area contributed by atoms with E-state index in [1.54, 1.807) is 0 Å². The Morgan fingerprint density at radius 2 is 2.00 bits per heavy atom. The van der Waals surface area contributed by atoms with E-state index in [1.807, 2.05) is 0 Å². The minimum absolute atomic E-state index is 0.0544. The highest BCUT2D eigenvalue weighted by Gasteiger charge is 2.33. The summed E-state index contributed by atoms with van der Waals surface area (Å²) in [6.45, 7) is 7.89. The third-order valence-corrected chi connectivity index (χ3v) is 4.98. The lowest BCUT2D eigenvalue weighted by Gasteiger charge is -2.38. The van der Waals surface area contributed by atoms with E-state index in [4.69, 9.17) is 0 Å². The first-order valence-electron chi connectivity index (χ1n) is 8.11. The lowest BCUT2D eigenvalue weighted by atomic mass is 9.74. The Bertz CT molecular complexity index is 297. The van der Waals surface area contributed by atoms with Crippen LogP contribution in [0.3, 0.4) is 0 Å². The highest BCUT2D eigenvalue weighted by molar-refractivity contribution is 5.82. The van der Waals surface area contributed by atoms with Gasteiger partial charge in [0.2, 0.25) is 5.91 Å². The molecule has 2 aliphatic rings. The Kier molecular flexibility index (Phi) is 5.26. The molecular formula is C16H30N2O. The van der Waals surface area contributed by atoms with Crippen molar-refractivity contribution in [1.29, 1.82) is 0 Å². The summed E-state index contributed by atoms with van der Waals surface area (Å²) in [5.41, 5.74) is 0. The van der Waals surface area contributed by atoms with Crippen molar-refractivity contribution in [2.45, 2.75) is 71.4 Å². The molecule has 2 N–H and O–H groups in total. The fourth-order valence-corrected chi connectivity index (χ4v) is 3.73. The lowest BCUT2D eigenvalue weighted by molar-refractivity contribution is -0.125. The van der Waals surface area contributed by atoms with Crippen LogP contribution in [0.25, 0.3) is 0 Å². The first-order chi connectivity index (χ1) is 9.08. The SMILES string of the molecule is CC1CCC(C(C)C)C(NC(=O)[C@@H]2CCCCN2)C1. The van der Waals surface area contributed by atoms with Crippen molar-refractivity contribution in [3.05, 3.63) is 0 Å². The number of carbonyl (C=O) groups excluding carboxylic acids is 1. The molecule has 110 valence electrons. The summed E-state index contributed by atoms with van der Waals surface area (Å²) < 4.78 is 0. The minimum Gasteiger partial charge on any atom is -0.352 e. The molecular weight excluding hydrogens is 236 g/mol. The van der Waals surface area contributed by atoms with Crippen LogP contribution in [-0.2, 0) is 4.79 Å². The second kappa shape index (κ2) is 6.74. The number of hydrogen-bond acceptors (Lipinski definition) is 2. The summed E-state index contributed by atoms with van der Waals surface area (Å²) in [4.78, 5) is 12.4. The van der Waals surface area contributed by atoms with Crippen LogP contribution in [0.4, 0.5) is 0 Å². The molecule has 0 aromatic rings. The highest BCUT2D eigenvalue weighted by Crippen LogP contribution is 2.33. The van der Waals surface area contributed by atoms with Gasteiger partial charge in [-0.05, 0) is 50.0 Å². The van der Waals surface area contributed by atoms with E-state index in [9.17, 15) is 4.79 Å².